The molecule has 0 radical (unpaired) electrons. The molecule has 0 amide bonds. The van der Waals surface area contributed by atoms with E-state index in [0.29, 0.717) is 6.04 Å². The first-order valence-corrected chi connectivity index (χ1v) is 9.11. The van der Waals surface area contributed by atoms with Crippen LogP contribution in [0, 0.1) is 0 Å². The maximum atomic E-state index is 5.87. The second-order valence-electron chi connectivity index (χ2n) is 6.15. The Morgan fingerprint density at radius 3 is 2.95 bits per heavy atom. The molecule has 1 aliphatic carbocycles. The van der Waals surface area contributed by atoms with E-state index in [1.165, 1.54) is 30.4 Å². The Kier molecular flexibility index (Phi) is 4.65. The molecule has 21 heavy (non-hydrogen) atoms. The smallest absolute Gasteiger partial charge is 0.123 e. The number of nitrogens with one attached hydrogen (secondary N) is 1. The molecule has 0 spiro atoms. The number of ether oxygens (including phenoxy) is 2. The third kappa shape index (κ3) is 3.32. The lowest BCUT2D eigenvalue weighted by atomic mass is 10.1. The molecular weight excluding hydrogens is 282 g/mol. The fourth-order valence-corrected chi connectivity index (χ4v) is 4.20. The van der Waals surface area contributed by atoms with Gasteiger partial charge in [0.2, 0.25) is 0 Å². The van der Waals surface area contributed by atoms with Crippen LogP contribution in [-0.4, -0.2) is 30.8 Å². The molecule has 0 aromatic heterocycles. The van der Waals surface area contributed by atoms with Gasteiger partial charge in [-0.25, -0.2) is 0 Å². The molecule has 0 bridgehead atoms. The van der Waals surface area contributed by atoms with E-state index in [0.717, 1.165) is 29.7 Å². The largest absolute Gasteiger partial charge is 0.496 e. The molecule has 1 aromatic carbocycles. The van der Waals surface area contributed by atoms with Crippen molar-refractivity contribution < 1.29 is 9.47 Å². The van der Waals surface area contributed by atoms with Crippen LogP contribution in [-0.2, 0) is 13.0 Å². The zero-order valence-electron chi connectivity index (χ0n) is 13.1. The third-order valence-electron chi connectivity index (χ3n) is 4.60. The van der Waals surface area contributed by atoms with E-state index in [1.54, 1.807) is 7.11 Å². The lowest BCUT2D eigenvalue weighted by Crippen LogP contribution is -2.26. The highest BCUT2D eigenvalue weighted by Gasteiger charge is 2.25. The Balaban J connectivity index is 1.66. The minimum Gasteiger partial charge on any atom is -0.496 e. The molecule has 0 saturated heterocycles. The van der Waals surface area contributed by atoms with Crippen molar-refractivity contribution in [2.24, 2.45) is 0 Å². The first-order valence-electron chi connectivity index (χ1n) is 7.82. The van der Waals surface area contributed by atoms with Gasteiger partial charge in [-0.3, -0.25) is 0 Å². The Labute approximate surface area is 131 Å². The van der Waals surface area contributed by atoms with E-state index in [9.17, 15) is 0 Å². The number of fused-ring (bicyclic) bond motifs is 1. The van der Waals surface area contributed by atoms with Crippen molar-refractivity contribution in [2.45, 2.75) is 56.5 Å². The van der Waals surface area contributed by atoms with Crippen molar-refractivity contribution >= 4 is 11.8 Å². The molecule has 116 valence electrons. The van der Waals surface area contributed by atoms with Crippen LogP contribution in [0.1, 0.15) is 37.3 Å². The van der Waals surface area contributed by atoms with E-state index in [1.807, 2.05) is 11.8 Å². The average Bonchev–Trinajstić information content (AvgIpc) is 3.08. The van der Waals surface area contributed by atoms with E-state index in [-0.39, 0.29) is 6.10 Å². The minimum atomic E-state index is 0.282. The van der Waals surface area contributed by atoms with Crippen molar-refractivity contribution in [1.82, 2.24) is 5.32 Å². The normalized spacial score (nSPS) is 27.5. The van der Waals surface area contributed by atoms with Crippen LogP contribution >= 0.6 is 11.8 Å². The minimum absolute atomic E-state index is 0.282. The Bertz CT molecular complexity index is 506. The molecule has 1 aromatic rings. The summed E-state index contributed by atoms with van der Waals surface area (Å²) in [5.41, 5.74) is 2.48. The van der Waals surface area contributed by atoms with E-state index >= 15 is 0 Å². The zero-order valence-corrected chi connectivity index (χ0v) is 14.0. The van der Waals surface area contributed by atoms with Gasteiger partial charge in [-0.15, -0.1) is 0 Å². The van der Waals surface area contributed by atoms with Gasteiger partial charge < -0.3 is 14.8 Å². The van der Waals surface area contributed by atoms with Gasteiger partial charge in [-0.1, -0.05) is 0 Å². The molecule has 2 aliphatic rings. The number of benzene rings is 1. The molecule has 1 heterocycles. The molecule has 1 fully saturated rings. The molecule has 3 unspecified atom stereocenters. The lowest BCUT2D eigenvalue weighted by Gasteiger charge is -2.16. The van der Waals surface area contributed by atoms with Crippen molar-refractivity contribution in [2.75, 3.05) is 13.4 Å². The van der Waals surface area contributed by atoms with Gasteiger partial charge >= 0.3 is 0 Å². The fourth-order valence-electron chi connectivity index (χ4n) is 3.40. The second kappa shape index (κ2) is 6.49. The summed E-state index contributed by atoms with van der Waals surface area (Å²) in [5, 5.41) is 4.52. The summed E-state index contributed by atoms with van der Waals surface area (Å²) in [6.07, 6.45) is 7.38. The van der Waals surface area contributed by atoms with Crippen molar-refractivity contribution in [3.8, 4) is 11.5 Å². The summed E-state index contributed by atoms with van der Waals surface area (Å²) >= 11 is 2.00. The van der Waals surface area contributed by atoms with Crippen LogP contribution in [0.25, 0.3) is 0 Å². The van der Waals surface area contributed by atoms with Crippen LogP contribution in [0.3, 0.4) is 0 Å². The molecular formula is C17H25NO2S. The summed E-state index contributed by atoms with van der Waals surface area (Å²) in [5.74, 6) is 2.02. The second-order valence-corrected chi connectivity index (χ2v) is 7.29. The SMILES string of the molecule is COc1cc2c(cc1CNC1CCC(SC)C1)OC(C)C2. The molecule has 3 rings (SSSR count). The molecule has 1 saturated carbocycles. The highest BCUT2D eigenvalue weighted by atomic mass is 32.2. The zero-order chi connectivity index (χ0) is 14.8. The van der Waals surface area contributed by atoms with Gasteiger partial charge in [0, 0.05) is 35.4 Å². The van der Waals surface area contributed by atoms with Gasteiger partial charge in [0.1, 0.15) is 17.6 Å². The number of thioether (sulfide) groups is 1. The number of hydrogen-bond acceptors (Lipinski definition) is 4. The van der Waals surface area contributed by atoms with Crippen LogP contribution < -0.4 is 14.8 Å². The van der Waals surface area contributed by atoms with Gasteiger partial charge in [0.05, 0.1) is 7.11 Å². The lowest BCUT2D eigenvalue weighted by molar-refractivity contribution is 0.254. The fraction of sp³-hybridized carbons (Fsp3) is 0.647. The number of rotatable bonds is 5. The van der Waals surface area contributed by atoms with Crippen molar-refractivity contribution in [3.63, 3.8) is 0 Å². The van der Waals surface area contributed by atoms with Gasteiger partial charge in [-0.2, -0.15) is 11.8 Å². The Morgan fingerprint density at radius 2 is 2.24 bits per heavy atom. The molecule has 1 aliphatic heterocycles. The summed E-state index contributed by atoms with van der Waals surface area (Å²) in [4.78, 5) is 0. The highest BCUT2D eigenvalue weighted by molar-refractivity contribution is 7.99. The first kappa shape index (κ1) is 15.0. The van der Waals surface area contributed by atoms with E-state index in [4.69, 9.17) is 9.47 Å². The van der Waals surface area contributed by atoms with Crippen molar-refractivity contribution in [1.29, 1.82) is 0 Å². The Morgan fingerprint density at radius 1 is 1.38 bits per heavy atom. The summed E-state index contributed by atoms with van der Waals surface area (Å²) in [6.45, 7) is 2.98. The van der Waals surface area contributed by atoms with E-state index in [2.05, 4.69) is 30.6 Å². The molecule has 4 heteroatoms. The number of methoxy groups -OCH3 is 1. The third-order valence-corrected chi connectivity index (χ3v) is 5.69. The van der Waals surface area contributed by atoms with Crippen LogP contribution in [0.15, 0.2) is 12.1 Å². The summed E-state index contributed by atoms with van der Waals surface area (Å²) in [6, 6.07) is 4.95. The average molecular weight is 307 g/mol. The van der Waals surface area contributed by atoms with Gasteiger partial charge in [0.25, 0.3) is 0 Å². The number of hydrogen-bond donors (Lipinski definition) is 1. The van der Waals surface area contributed by atoms with Crippen molar-refractivity contribution in [3.05, 3.63) is 23.3 Å². The molecule has 3 nitrogen and oxygen atoms in total. The van der Waals surface area contributed by atoms with Gasteiger partial charge in [-0.05, 0) is 44.6 Å². The topological polar surface area (TPSA) is 30.5 Å². The maximum absolute atomic E-state index is 5.87. The predicted molar refractivity (Wildman–Crippen MR) is 88.6 cm³/mol. The van der Waals surface area contributed by atoms with Crippen LogP contribution in [0.2, 0.25) is 0 Å². The Hall–Kier alpha value is -0.870. The summed E-state index contributed by atoms with van der Waals surface area (Å²) < 4.78 is 11.4. The molecule has 1 N–H and O–H groups in total. The first-order chi connectivity index (χ1) is 10.2. The quantitative estimate of drug-likeness (QED) is 0.903. The van der Waals surface area contributed by atoms with E-state index < -0.39 is 0 Å². The molecule has 3 atom stereocenters. The monoisotopic (exact) mass is 307 g/mol. The van der Waals surface area contributed by atoms with Crippen LogP contribution in [0.5, 0.6) is 11.5 Å². The maximum Gasteiger partial charge on any atom is 0.123 e. The highest BCUT2D eigenvalue weighted by Crippen LogP contribution is 2.35. The summed E-state index contributed by atoms with van der Waals surface area (Å²) in [7, 11) is 1.75. The van der Waals surface area contributed by atoms with Crippen LogP contribution in [0.4, 0.5) is 0 Å². The predicted octanol–water partition coefficient (Wildman–Crippen LogP) is 3.39. The standard InChI is InChI=1S/C17H25NO2S/c1-11-6-12-7-16(19-2)13(8-17(12)20-11)10-18-14-4-5-15(9-14)21-3/h7-8,11,14-15,18H,4-6,9-10H2,1-3H3. The van der Waals surface area contributed by atoms with Gasteiger partial charge in [0.15, 0.2) is 0 Å².